The van der Waals surface area contributed by atoms with Gasteiger partial charge in [0, 0.05) is 24.5 Å². The highest BCUT2D eigenvalue weighted by molar-refractivity contribution is 6.04. The fourth-order valence-corrected chi connectivity index (χ4v) is 3.11. The van der Waals surface area contributed by atoms with Crippen LogP contribution in [-0.4, -0.2) is 39.5 Å². The van der Waals surface area contributed by atoms with Gasteiger partial charge in [-0.25, -0.2) is 4.79 Å². The normalized spacial score (nSPS) is 18.5. The van der Waals surface area contributed by atoms with Crippen molar-refractivity contribution in [1.82, 2.24) is 15.2 Å². The Labute approximate surface area is 149 Å². The molecule has 3 amide bonds. The second-order valence-electron chi connectivity index (χ2n) is 6.62. The van der Waals surface area contributed by atoms with Gasteiger partial charge in [-0.05, 0) is 12.5 Å². The summed E-state index contributed by atoms with van der Waals surface area (Å²) in [5.41, 5.74) is 0.523. The molecule has 0 saturated carbocycles. The largest absolute Gasteiger partial charge is 0.386 e. The summed E-state index contributed by atoms with van der Waals surface area (Å²) in [4.78, 5) is 29.6. The third-order valence-electron chi connectivity index (χ3n) is 4.63. The molecule has 0 bridgehead atoms. The average molecular weight is 347 g/mol. The molecule has 1 aromatic rings. The van der Waals surface area contributed by atoms with Gasteiger partial charge in [0.25, 0.3) is 5.91 Å². The van der Waals surface area contributed by atoms with Gasteiger partial charge in [-0.1, -0.05) is 57.9 Å². The molecule has 2 rings (SSSR count). The maximum Gasteiger partial charge on any atom is 0.324 e. The molecule has 1 aliphatic heterocycles. The Hall–Kier alpha value is -1.95. The number of aromatic nitrogens is 1. The number of carbonyl (C=O) groups excluding carboxylic acids is 2. The lowest BCUT2D eigenvalue weighted by molar-refractivity contribution is -0.129. The van der Waals surface area contributed by atoms with Gasteiger partial charge in [-0.3, -0.25) is 14.7 Å². The third-order valence-corrected chi connectivity index (χ3v) is 4.63. The molecule has 6 heteroatoms. The highest BCUT2D eigenvalue weighted by Gasteiger charge is 2.42. The first-order valence-electron chi connectivity index (χ1n) is 9.35. The van der Waals surface area contributed by atoms with E-state index in [0.717, 1.165) is 19.3 Å². The van der Waals surface area contributed by atoms with Crippen molar-refractivity contribution in [3.05, 3.63) is 30.1 Å². The number of nitrogens with one attached hydrogen (secondary N) is 1. The Morgan fingerprint density at radius 3 is 2.48 bits per heavy atom. The molecule has 2 unspecified atom stereocenters. The van der Waals surface area contributed by atoms with E-state index in [1.165, 1.54) is 43.2 Å². The van der Waals surface area contributed by atoms with Gasteiger partial charge in [0.05, 0.1) is 0 Å². The van der Waals surface area contributed by atoms with Crippen molar-refractivity contribution in [1.29, 1.82) is 0 Å². The minimum absolute atomic E-state index is 0.357. The van der Waals surface area contributed by atoms with E-state index >= 15 is 0 Å². The van der Waals surface area contributed by atoms with Gasteiger partial charge < -0.3 is 10.4 Å². The Morgan fingerprint density at radius 2 is 1.84 bits per heavy atom. The van der Waals surface area contributed by atoms with Crippen LogP contribution < -0.4 is 5.32 Å². The summed E-state index contributed by atoms with van der Waals surface area (Å²) in [7, 11) is 0. The van der Waals surface area contributed by atoms with E-state index in [1.807, 2.05) is 0 Å². The lowest BCUT2D eigenvalue weighted by Crippen LogP contribution is -2.36. The zero-order valence-electron chi connectivity index (χ0n) is 15.0. The van der Waals surface area contributed by atoms with Crippen LogP contribution in [0.15, 0.2) is 24.5 Å². The van der Waals surface area contributed by atoms with Crippen molar-refractivity contribution in [2.24, 2.45) is 0 Å². The Kier molecular flexibility index (Phi) is 7.85. The Morgan fingerprint density at radius 1 is 1.16 bits per heavy atom. The molecule has 0 aliphatic carbocycles. The minimum Gasteiger partial charge on any atom is -0.386 e. The minimum atomic E-state index is -1.08. The van der Waals surface area contributed by atoms with Crippen molar-refractivity contribution in [2.45, 2.75) is 70.4 Å². The van der Waals surface area contributed by atoms with E-state index in [9.17, 15) is 14.7 Å². The molecular formula is C19H29N3O3. The number of imide groups is 1. The predicted octanol–water partition coefficient (Wildman–Crippen LogP) is 3.18. The van der Waals surface area contributed by atoms with Crippen LogP contribution in [0.25, 0.3) is 0 Å². The highest BCUT2D eigenvalue weighted by atomic mass is 16.3. The molecule has 25 heavy (non-hydrogen) atoms. The maximum absolute atomic E-state index is 12.4. The average Bonchev–Trinajstić information content (AvgIpc) is 2.92. The maximum atomic E-state index is 12.4. The second-order valence-corrected chi connectivity index (χ2v) is 6.62. The van der Waals surface area contributed by atoms with Crippen LogP contribution in [0, 0.1) is 0 Å². The van der Waals surface area contributed by atoms with Crippen LogP contribution in [0.1, 0.15) is 70.0 Å². The van der Waals surface area contributed by atoms with Crippen LogP contribution in [0.4, 0.5) is 4.79 Å². The van der Waals surface area contributed by atoms with E-state index in [0.29, 0.717) is 12.1 Å². The molecule has 6 nitrogen and oxygen atoms in total. The van der Waals surface area contributed by atoms with Crippen LogP contribution in [0.2, 0.25) is 0 Å². The number of urea groups is 1. The molecule has 2 N–H and O–H groups in total. The Bertz CT molecular complexity index is 550. The molecule has 1 fully saturated rings. The van der Waals surface area contributed by atoms with E-state index in [-0.39, 0.29) is 5.91 Å². The number of hydrogen-bond donors (Lipinski definition) is 2. The number of nitrogens with zero attached hydrogens (tertiary/aromatic N) is 2. The molecule has 2 atom stereocenters. The molecule has 1 saturated heterocycles. The number of rotatable bonds is 11. The number of aliphatic hydroxyl groups is 1. The number of amides is 3. The quantitative estimate of drug-likeness (QED) is 0.476. The van der Waals surface area contributed by atoms with E-state index in [1.54, 1.807) is 18.3 Å². The predicted molar refractivity (Wildman–Crippen MR) is 95.8 cm³/mol. The standard InChI is InChI=1S/C19H29N3O3/c1-2-3-4-5-6-7-8-9-13-22-18(24)16(21-19(22)25)17(23)15-11-10-12-20-14-15/h10-12,14,16-17,23H,2-9,13H2,1H3,(H,21,25). The van der Waals surface area contributed by atoms with Gasteiger partial charge in [-0.2, -0.15) is 0 Å². The van der Waals surface area contributed by atoms with Crippen LogP contribution >= 0.6 is 0 Å². The summed E-state index contributed by atoms with van der Waals surface area (Å²) >= 11 is 0. The summed E-state index contributed by atoms with van der Waals surface area (Å²) < 4.78 is 0. The van der Waals surface area contributed by atoms with Crippen molar-refractivity contribution < 1.29 is 14.7 Å². The zero-order valence-corrected chi connectivity index (χ0v) is 15.0. The SMILES string of the molecule is CCCCCCCCCCN1C(=O)NC(C(O)c2cccnc2)C1=O. The third kappa shape index (κ3) is 5.53. The van der Waals surface area contributed by atoms with Gasteiger partial charge in [0.1, 0.15) is 12.1 Å². The molecule has 0 spiro atoms. The highest BCUT2D eigenvalue weighted by Crippen LogP contribution is 2.22. The van der Waals surface area contributed by atoms with Crippen molar-refractivity contribution >= 4 is 11.9 Å². The van der Waals surface area contributed by atoms with Crippen molar-refractivity contribution in [2.75, 3.05) is 6.54 Å². The number of pyridine rings is 1. The molecule has 1 aliphatic rings. The number of carbonyl (C=O) groups is 2. The summed E-state index contributed by atoms with van der Waals surface area (Å²) in [5.74, 6) is -0.357. The van der Waals surface area contributed by atoms with Gasteiger partial charge in [-0.15, -0.1) is 0 Å². The lowest BCUT2D eigenvalue weighted by atomic mass is 10.0. The molecular weight excluding hydrogens is 318 g/mol. The van der Waals surface area contributed by atoms with Crippen molar-refractivity contribution in [3.63, 3.8) is 0 Å². The summed E-state index contributed by atoms with van der Waals surface area (Å²) in [6.45, 7) is 2.62. The second kappa shape index (κ2) is 10.1. The fraction of sp³-hybridized carbons (Fsp3) is 0.632. The van der Waals surface area contributed by atoms with E-state index < -0.39 is 18.2 Å². The number of aliphatic hydroxyl groups excluding tert-OH is 1. The van der Waals surface area contributed by atoms with Gasteiger partial charge in [0.2, 0.25) is 0 Å². The first-order chi connectivity index (χ1) is 12.1. The monoisotopic (exact) mass is 347 g/mol. The molecule has 2 heterocycles. The van der Waals surface area contributed by atoms with Crippen molar-refractivity contribution in [3.8, 4) is 0 Å². The number of hydrogen-bond acceptors (Lipinski definition) is 4. The van der Waals surface area contributed by atoms with Gasteiger partial charge in [0.15, 0.2) is 0 Å². The Balaban J connectivity index is 1.73. The fourth-order valence-electron chi connectivity index (χ4n) is 3.11. The topological polar surface area (TPSA) is 82.5 Å². The smallest absolute Gasteiger partial charge is 0.324 e. The molecule has 0 radical (unpaired) electrons. The molecule has 0 aromatic carbocycles. The van der Waals surface area contributed by atoms with E-state index in [4.69, 9.17) is 0 Å². The lowest BCUT2D eigenvalue weighted by Gasteiger charge is -2.17. The van der Waals surface area contributed by atoms with Crippen LogP contribution in [0.5, 0.6) is 0 Å². The first-order valence-corrected chi connectivity index (χ1v) is 9.35. The molecule has 1 aromatic heterocycles. The summed E-state index contributed by atoms with van der Waals surface area (Å²) in [6, 6.07) is 2.04. The van der Waals surface area contributed by atoms with E-state index in [2.05, 4.69) is 17.2 Å². The molecule has 138 valence electrons. The number of unbranched alkanes of at least 4 members (excludes halogenated alkanes) is 7. The van der Waals surface area contributed by atoms with Gasteiger partial charge >= 0.3 is 6.03 Å². The van der Waals surface area contributed by atoms with Crippen LogP contribution in [-0.2, 0) is 4.79 Å². The van der Waals surface area contributed by atoms with Crippen LogP contribution in [0.3, 0.4) is 0 Å². The summed E-state index contributed by atoms with van der Waals surface area (Å²) in [6.07, 6.45) is 11.3. The summed E-state index contributed by atoms with van der Waals surface area (Å²) in [5, 5.41) is 12.9. The zero-order chi connectivity index (χ0) is 18.1. The first kappa shape index (κ1) is 19.4.